The number of carbonyl (C=O) groups is 1. The summed E-state index contributed by atoms with van der Waals surface area (Å²) >= 11 is 6.79. The Balaban J connectivity index is 1.51. The zero-order valence-electron chi connectivity index (χ0n) is 12.9. The molecule has 0 aliphatic carbocycles. The maximum atomic E-state index is 12.1. The Labute approximate surface area is 145 Å². The fraction of sp³-hybridized carbons (Fsp3) is 0.500. The highest BCUT2D eigenvalue weighted by molar-refractivity contribution is 8.23. The minimum Gasteiger partial charge on any atom is -0.490 e. The summed E-state index contributed by atoms with van der Waals surface area (Å²) in [4.78, 5) is 14.3. The van der Waals surface area contributed by atoms with Gasteiger partial charge in [-0.2, -0.15) is 0 Å². The molecule has 0 radical (unpaired) electrons. The zero-order valence-corrected chi connectivity index (χ0v) is 14.5. The van der Waals surface area contributed by atoms with Crippen LogP contribution in [0.1, 0.15) is 19.3 Å². The summed E-state index contributed by atoms with van der Waals surface area (Å²) in [5, 5.41) is 2.88. The number of nitrogens with one attached hydrogen (secondary N) is 1. The molecule has 23 heavy (non-hydrogen) atoms. The molecule has 1 amide bonds. The molecule has 2 aliphatic rings. The van der Waals surface area contributed by atoms with E-state index in [1.807, 2.05) is 18.2 Å². The van der Waals surface area contributed by atoms with Gasteiger partial charge >= 0.3 is 0 Å². The summed E-state index contributed by atoms with van der Waals surface area (Å²) in [6.45, 7) is 3.30. The largest absolute Gasteiger partial charge is 0.490 e. The van der Waals surface area contributed by atoms with Crippen LogP contribution >= 0.6 is 24.0 Å². The number of rotatable bonds is 3. The molecule has 124 valence electrons. The molecule has 0 atom stereocenters. The van der Waals surface area contributed by atoms with Gasteiger partial charge in [-0.15, -0.1) is 0 Å². The first-order valence-electron chi connectivity index (χ1n) is 7.83. The van der Waals surface area contributed by atoms with Crippen LogP contribution in [0.2, 0.25) is 0 Å². The van der Waals surface area contributed by atoms with E-state index >= 15 is 0 Å². The number of ether oxygens (including phenoxy) is 2. The van der Waals surface area contributed by atoms with E-state index in [1.54, 1.807) is 0 Å². The fourth-order valence-electron chi connectivity index (χ4n) is 2.56. The van der Waals surface area contributed by atoms with Crippen molar-refractivity contribution < 1.29 is 14.3 Å². The fourth-order valence-corrected chi connectivity index (χ4v) is 3.61. The Bertz CT molecular complexity index is 589. The number of hydrogen-bond donors (Lipinski definition) is 1. The lowest BCUT2D eigenvalue weighted by Crippen LogP contribution is -2.25. The first-order chi connectivity index (χ1) is 11.2. The van der Waals surface area contributed by atoms with E-state index in [0.717, 1.165) is 29.6 Å². The molecule has 0 bridgehead atoms. The zero-order chi connectivity index (χ0) is 16.1. The van der Waals surface area contributed by atoms with Crippen LogP contribution in [-0.4, -0.2) is 47.2 Å². The molecule has 0 aromatic heterocycles. The number of carbonyl (C=O) groups excluding carboxylic acids is 1. The van der Waals surface area contributed by atoms with Crippen molar-refractivity contribution in [3.05, 3.63) is 18.2 Å². The summed E-state index contributed by atoms with van der Waals surface area (Å²) in [7, 11) is 0. The molecule has 5 nitrogen and oxygen atoms in total. The van der Waals surface area contributed by atoms with Gasteiger partial charge in [0.2, 0.25) is 5.91 Å². The van der Waals surface area contributed by atoms with Crippen molar-refractivity contribution >= 4 is 39.9 Å². The lowest BCUT2D eigenvalue weighted by atomic mass is 10.2. The number of thiocarbonyl (C=S) groups is 1. The van der Waals surface area contributed by atoms with Gasteiger partial charge in [-0.05, 0) is 25.0 Å². The molecule has 2 heterocycles. The Morgan fingerprint density at radius 3 is 2.70 bits per heavy atom. The second kappa shape index (κ2) is 7.88. The molecule has 1 N–H and O–H groups in total. The highest BCUT2D eigenvalue weighted by Crippen LogP contribution is 2.32. The molecule has 1 aromatic rings. The smallest absolute Gasteiger partial charge is 0.234 e. The summed E-state index contributed by atoms with van der Waals surface area (Å²) in [6.07, 6.45) is 3.23. The summed E-state index contributed by atoms with van der Waals surface area (Å²) in [6, 6.07) is 5.47. The van der Waals surface area contributed by atoms with E-state index < -0.39 is 0 Å². The van der Waals surface area contributed by atoms with Crippen molar-refractivity contribution in [1.82, 2.24) is 4.90 Å². The molecule has 3 rings (SSSR count). The molecule has 0 spiro atoms. The van der Waals surface area contributed by atoms with Crippen LogP contribution in [0.5, 0.6) is 11.5 Å². The van der Waals surface area contributed by atoms with E-state index in [2.05, 4.69) is 10.2 Å². The van der Waals surface area contributed by atoms with Gasteiger partial charge in [-0.25, -0.2) is 0 Å². The molecule has 1 fully saturated rings. The van der Waals surface area contributed by atoms with Crippen LogP contribution in [0, 0.1) is 0 Å². The van der Waals surface area contributed by atoms with Crippen LogP contribution in [0.4, 0.5) is 5.69 Å². The number of benzene rings is 1. The van der Waals surface area contributed by atoms with Crippen molar-refractivity contribution in [1.29, 1.82) is 0 Å². The topological polar surface area (TPSA) is 50.8 Å². The average molecular weight is 352 g/mol. The van der Waals surface area contributed by atoms with E-state index in [9.17, 15) is 4.79 Å². The monoisotopic (exact) mass is 352 g/mol. The number of anilines is 1. The van der Waals surface area contributed by atoms with Crippen LogP contribution in [0.25, 0.3) is 0 Å². The molecule has 2 aliphatic heterocycles. The number of likely N-dealkylation sites (tertiary alicyclic amines) is 1. The Morgan fingerprint density at radius 2 is 1.91 bits per heavy atom. The van der Waals surface area contributed by atoms with Crippen LogP contribution in [-0.2, 0) is 4.79 Å². The summed E-state index contributed by atoms with van der Waals surface area (Å²) < 4.78 is 12.0. The van der Waals surface area contributed by atoms with E-state index in [0.29, 0.717) is 30.4 Å². The van der Waals surface area contributed by atoms with Gasteiger partial charge < -0.3 is 19.7 Å². The Hall–Kier alpha value is -1.47. The standard InChI is InChI=1S/C16H20N2O3S2/c19-15(11-23-16(22)18-6-1-2-7-18)17-12-4-5-13-14(10-12)21-9-3-8-20-13/h4-5,10H,1-3,6-9,11H2,(H,17,19). The molecule has 1 saturated heterocycles. The predicted molar refractivity (Wildman–Crippen MR) is 96.5 cm³/mol. The van der Waals surface area contributed by atoms with Crippen molar-refractivity contribution in [2.45, 2.75) is 19.3 Å². The molecular weight excluding hydrogens is 332 g/mol. The van der Waals surface area contributed by atoms with Crippen LogP contribution in [0.3, 0.4) is 0 Å². The van der Waals surface area contributed by atoms with Crippen molar-refractivity contribution in [2.75, 3.05) is 37.4 Å². The third-order valence-corrected chi connectivity index (χ3v) is 5.25. The highest BCUT2D eigenvalue weighted by atomic mass is 32.2. The van der Waals surface area contributed by atoms with Crippen molar-refractivity contribution in [3.8, 4) is 11.5 Å². The average Bonchev–Trinajstić information content (AvgIpc) is 2.99. The molecular formula is C16H20N2O3S2. The molecule has 0 unspecified atom stereocenters. The SMILES string of the molecule is O=C(CSC(=S)N1CCCC1)Nc1ccc2c(c1)OCCCO2. The highest BCUT2D eigenvalue weighted by Gasteiger charge is 2.17. The van der Waals surface area contributed by atoms with Gasteiger partial charge in [0.1, 0.15) is 4.32 Å². The van der Waals surface area contributed by atoms with Crippen LogP contribution < -0.4 is 14.8 Å². The predicted octanol–water partition coefficient (Wildman–Crippen LogP) is 2.90. The second-order valence-corrected chi connectivity index (χ2v) is 7.12. The van der Waals surface area contributed by atoms with Gasteiger partial charge in [0.25, 0.3) is 0 Å². The lowest BCUT2D eigenvalue weighted by Gasteiger charge is -2.17. The third-order valence-electron chi connectivity index (χ3n) is 3.72. The summed E-state index contributed by atoms with van der Waals surface area (Å²) in [5.74, 6) is 1.67. The molecule has 1 aromatic carbocycles. The first kappa shape index (κ1) is 16.4. The van der Waals surface area contributed by atoms with Crippen molar-refractivity contribution in [2.24, 2.45) is 0 Å². The number of hydrogen-bond acceptors (Lipinski definition) is 5. The maximum absolute atomic E-state index is 12.1. The van der Waals surface area contributed by atoms with E-state index in [4.69, 9.17) is 21.7 Å². The summed E-state index contributed by atoms with van der Waals surface area (Å²) in [5.41, 5.74) is 0.715. The van der Waals surface area contributed by atoms with Crippen LogP contribution in [0.15, 0.2) is 18.2 Å². The van der Waals surface area contributed by atoms with Gasteiger partial charge in [0, 0.05) is 31.3 Å². The van der Waals surface area contributed by atoms with E-state index in [-0.39, 0.29) is 5.91 Å². The van der Waals surface area contributed by atoms with Gasteiger partial charge in [0.05, 0.1) is 19.0 Å². The van der Waals surface area contributed by atoms with Gasteiger partial charge in [-0.1, -0.05) is 24.0 Å². The number of thioether (sulfide) groups is 1. The second-order valence-electron chi connectivity index (χ2n) is 5.51. The van der Waals surface area contributed by atoms with Gasteiger partial charge in [0.15, 0.2) is 11.5 Å². The quantitative estimate of drug-likeness (QED) is 0.844. The Kier molecular flexibility index (Phi) is 5.61. The minimum absolute atomic E-state index is 0.0639. The normalized spacial score (nSPS) is 16.8. The Morgan fingerprint density at radius 1 is 1.17 bits per heavy atom. The van der Waals surface area contributed by atoms with Gasteiger partial charge in [-0.3, -0.25) is 4.79 Å². The maximum Gasteiger partial charge on any atom is 0.234 e. The first-order valence-corrected chi connectivity index (χ1v) is 9.23. The molecule has 0 saturated carbocycles. The number of fused-ring (bicyclic) bond motifs is 1. The van der Waals surface area contributed by atoms with Crippen molar-refractivity contribution in [3.63, 3.8) is 0 Å². The number of amides is 1. The molecule has 7 heteroatoms. The number of nitrogens with zero attached hydrogens (tertiary/aromatic N) is 1. The lowest BCUT2D eigenvalue weighted by molar-refractivity contribution is -0.113. The van der Waals surface area contributed by atoms with E-state index in [1.165, 1.54) is 24.6 Å². The minimum atomic E-state index is -0.0639. The third kappa shape index (κ3) is 4.51.